The minimum Gasteiger partial charge on any atom is -0.472 e. The molecule has 0 radical (unpaired) electrons. The molecule has 1 saturated carbocycles. The Hall–Kier alpha value is -1.92. The van der Waals surface area contributed by atoms with Crippen molar-refractivity contribution in [2.45, 2.75) is 36.8 Å². The third kappa shape index (κ3) is 2.59. The summed E-state index contributed by atoms with van der Waals surface area (Å²) in [5, 5.41) is 0. The van der Waals surface area contributed by atoms with Gasteiger partial charge in [-0.25, -0.2) is 13.4 Å². The van der Waals surface area contributed by atoms with Crippen LogP contribution in [-0.2, 0) is 10.0 Å². The normalized spacial score (nSPS) is 26.6. The smallest absolute Gasteiger partial charge is 0.243 e. The van der Waals surface area contributed by atoms with Crippen LogP contribution >= 0.6 is 0 Å². The highest BCUT2D eigenvalue weighted by atomic mass is 32.2. The predicted molar refractivity (Wildman–Crippen MR) is 90.2 cm³/mol. The Morgan fingerprint density at radius 1 is 1.12 bits per heavy atom. The van der Waals surface area contributed by atoms with E-state index in [2.05, 4.69) is 4.98 Å². The average molecular weight is 344 g/mol. The SMILES string of the molecule is Cc1ccc(S(=O)(=O)N2C[C@H]3CC[C@H]2[C@@H]3Oc2ccccn2)cc1. The zero-order chi connectivity index (χ0) is 16.7. The number of aromatic nitrogens is 1. The maximum Gasteiger partial charge on any atom is 0.243 e. The zero-order valence-corrected chi connectivity index (χ0v) is 14.3. The van der Waals surface area contributed by atoms with E-state index in [9.17, 15) is 8.42 Å². The van der Waals surface area contributed by atoms with Gasteiger partial charge < -0.3 is 4.74 Å². The molecule has 24 heavy (non-hydrogen) atoms. The lowest BCUT2D eigenvalue weighted by atomic mass is 10.1. The first-order chi connectivity index (χ1) is 11.6. The number of fused-ring (bicyclic) bond motifs is 2. The topological polar surface area (TPSA) is 59.5 Å². The van der Waals surface area contributed by atoms with Crippen molar-refractivity contribution in [1.82, 2.24) is 9.29 Å². The maximum atomic E-state index is 13.0. The van der Waals surface area contributed by atoms with E-state index in [1.165, 1.54) is 0 Å². The number of aryl methyl sites for hydroxylation is 1. The number of pyridine rings is 1. The molecular weight excluding hydrogens is 324 g/mol. The standard InChI is InChI=1S/C18H20N2O3S/c1-13-5-8-15(9-6-13)24(21,22)20-12-14-7-10-16(20)18(14)23-17-4-2-3-11-19-17/h2-6,8-9,11,14,16,18H,7,10,12H2,1H3/t14-,16+,18-/m1/s1. The molecule has 2 aliphatic rings. The summed E-state index contributed by atoms with van der Waals surface area (Å²) >= 11 is 0. The van der Waals surface area contributed by atoms with Crippen LogP contribution in [0.15, 0.2) is 53.6 Å². The molecule has 0 N–H and O–H groups in total. The highest BCUT2D eigenvalue weighted by Gasteiger charge is 2.53. The van der Waals surface area contributed by atoms with E-state index >= 15 is 0 Å². The van der Waals surface area contributed by atoms with Gasteiger partial charge in [0, 0.05) is 24.7 Å². The van der Waals surface area contributed by atoms with Crippen molar-refractivity contribution in [3.05, 3.63) is 54.2 Å². The van der Waals surface area contributed by atoms with Crippen LogP contribution in [0.3, 0.4) is 0 Å². The van der Waals surface area contributed by atoms with E-state index in [0.29, 0.717) is 17.3 Å². The second-order valence-electron chi connectivity index (χ2n) is 6.54. The molecule has 3 atom stereocenters. The van der Waals surface area contributed by atoms with Gasteiger partial charge >= 0.3 is 0 Å². The van der Waals surface area contributed by atoms with Gasteiger partial charge in [-0.05, 0) is 38.0 Å². The monoisotopic (exact) mass is 344 g/mol. The molecule has 1 aromatic heterocycles. The minimum absolute atomic E-state index is 0.108. The molecule has 6 heteroatoms. The molecule has 4 rings (SSSR count). The molecule has 1 aliphatic heterocycles. The number of benzene rings is 1. The highest BCUT2D eigenvalue weighted by molar-refractivity contribution is 7.89. The number of sulfonamides is 1. The molecular formula is C18H20N2O3S. The summed E-state index contributed by atoms with van der Waals surface area (Å²) in [5.41, 5.74) is 1.05. The van der Waals surface area contributed by atoms with Gasteiger partial charge in [0.05, 0.1) is 10.9 Å². The van der Waals surface area contributed by atoms with Gasteiger partial charge in [0.1, 0.15) is 6.10 Å². The first-order valence-corrected chi connectivity index (χ1v) is 9.66. The Balaban J connectivity index is 1.59. The van der Waals surface area contributed by atoms with E-state index < -0.39 is 10.0 Å². The summed E-state index contributed by atoms with van der Waals surface area (Å²) in [5.74, 6) is 0.797. The Morgan fingerprint density at radius 3 is 2.62 bits per heavy atom. The summed E-state index contributed by atoms with van der Waals surface area (Å²) < 4.78 is 33.6. The van der Waals surface area contributed by atoms with Gasteiger partial charge in [0.15, 0.2) is 0 Å². The molecule has 126 valence electrons. The molecule has 2 aromatic rings. The van der Waals surface area contributed by atoms with Crippen molar-refractivity contribution in [2.24, 2.45) is 5.92 Å². The van der Waals surface area contributed by atoms with Crippen LogP contribution in [0.25, 0.3) is 0 Å². The van der Waals surface area contributed by atoms with E-state index in [4.69, 9.17) is 4.74 Å². The van der Waals surface area contributed by atoms with Gasteiger partial charge in [0.25, 0.3) is 0 Å². The van der Waals surface area contributed by atoms with Crippen molar-refractivity contribution < 1.29 is 13.2 Å². The lowest BCUT2D eigenvalue weighted by Gasteiger charge is -2.26. The number of piperidine rings is 1. The van der Waals surface area contributed by atoms with E-state index in [-0.39, 0.29) is 18.1 Å². The van der Waals surface area contributed by atoms with E-state index in [1.807, 2.05) is 37.3 Å². The van der Waals surface area contributed by atoms with Crippen molar-refractivity contribution in [3.63, 3.8) is 0 Å². The van der Waals surface area contributed by atoms with Crippen LogP contribution in [0.2, 0.25) is 0 Å². The summed E-state index contributed by atoms with van der Waals surface area (Å²) in [6.07, 6.45) is 3.42. The summed E-state index contributed by atoms with van der Waals surface area (Å²) in [4.78, 5) is 4.56. The fraction of sp³-hybridized carbons (Fsp3) is 0.389. The number of nitrogens with zero attached hydrogens (tertiary/aromatic N) is 2. The van der Waals surface area contributed by atoms with Crippen molar-refractivity contribution in [3.8, 4) is 5.88 Å². The quantitative estimate of drug-likeness (QED) is 0.855. The molecule has 0 spiro atoms. The Bertz CT molecular complexity index is 821. The molecule has 0 amide bonds. The highest BCUT2D eigenvalue weighted by Crippen LogP contribution is 2.42. The average Bonchev–Trinajstić information content (AvgIpc) is 3.13. The second kappa shape index (κ2) is 5.86. The van der Waals surface area contributed by atoms with Gasteiger partial charge in [-0.2, -0.15) is 4.31 Å². The second-order valence-corrected chi connectivity index (χ2v) is 8.43. The molecule has 2 fully saturated rings. The van der Waals surface area contributed by atoms with Crippen LogP contribution in [0.4, 0.5) is 0 Å². The molecule has 2 bridgehead atoms. The van der Waals surface area contributed by atoms with Gasteiger partial charge in [-0.3, -0.25) is 0 Å². The third-order valence-corrected chi connectivity index (χ3v) is 6.89. The molecule has 1 aliphatic carbocycles. The number of hydrogen-bond acceptors (Lipinski definition) is 4. The van der Waals surface area contributed by atoms with Crippen LogP contribution in [0.5, 0.6) is 5.88 Å². The first kappa shape index (κ1) is 15.6. The summed E-state index contributed by atoms with van der Waals surface area (Å²) in [6, 6.07) is 12.5. The molecule has 2 heterocycles. The Kier molecular flexibility index (Phi) is 3.81. The van der Waals surface area contributed by atoms with Crippen molar-refractivity contribution >= 4 is 10.0 Å². The molecule has 5 nitrogen and oxygen atoms in total. The molecule has 1 saturated heterocycles. The van der Waals surface area contributed by atoms with Crippen LogP contribution in [0.1, 0.15) is 18.4 Å². The number of hydrogen-bond donors (Lipinski definition) is 0. The lowest BCUT2D eigenvalue weighted by molar-refractivity contribution is 0.161. The first-order valence-electron chi connectivity index (χ1n) is 8.22. The fourth-order valence-corrected chi connectivity index (χ4v) is 5.47. The van der Waals surface area contributed by atoms with Crippen LogP contribution in [-0.4, -0.2) is 36.4 Å². The van der Waals surface area contributed by atoms with E-state index in [1.54, 1.807) is 22.6 Å². The molecule has 1 aromatic carbocycles. The maximum absolute atomic E-state index is 13.0. The fourth-order valence-electron chi connectivity index (χ4n) is 3.75. The van der Waals surface area contributed by atoms with Gasteiger partial charge in [0.2, 0.25) is 15.9 Å². The van der Waals surface area contributed by atoms with E-state index in [0.717, 1.165) is 18.4 Å². The lowest BCUT2D eigenvalue weighted by Crippen LogP contribution is -2.40. The van der Waals surface area contributed by atoms with Crippen molar-refractivity contribution in [1.29, 1.82) is 0 Å². The zero-order valence-electron chi connectivity index (χ0n) is 13.5. The summed E-state index contributed by atoms with van der Waals surface area (Å²) in [6.45, 7) is 2.48. The summed E-state index contributed by atoms with van der Waals surface area (Å²) in [7, 11) is -3.48. The van der Waals surface area contributed by atoms with Gasteiger partial charge in [-0.15, -0.1) is 0 Å². The Morgan fingerprint density at radius 2 is 1.92 bits per heavy atom. The number of ether oxygens (including phenoxy) is 1. The van der Waals surface area contributed by atoms with Gasteiger partial charge in [-0.1, -0.05) is 23.8 Å². The van der Waals surface area contributed by atoms with Crippen molar-refractivity contribution in [2.75, 3.05) is 6.54 Å². The Labute approximate surface area is 142 Å². The van der Waals surface area contributed by atoms with Crippen LogP contribution in [0, 0.1) is 12.8 Å². The largest absolute Gasteiger partial charge is 0.472 e. The van der Waals surface area contributed by atoms with Crippen LogP contribution < -0.4 is 4.74 Å². The predicted octanol–water partition coefficient (Wildman–Crippen LogP) is 2.62. The number of rotatable bonds is 4. The third-order valence-electron chi connectivity index (χ3n) is 4.98. The minimum atomic E-state index is -3.48. The molecule has 0 unspecified atom stereocenters.